The molecule has 1 heterocycles. The van der Waals surface area contributed by atoms with Gasteiger partial charge in [-0.1, -0.05) is 59.1 Å². The lowest BCUT2D eigenvalue weighted by molar-refractivity contribution is -0.120. The Morgan fingerprint density at radius 2 is 1.59 bits per heavy atom. The highest BCUT2D eigenvalue weighted by Gasteiger charge is 2.40. The molecule has 0 fully saturated rings. The monoisotopic (exact) mass is 513 g/mol. The maximum Gasteiger partial charge on any atom is 0.283 e. The SMILES string of the molecule is Cc1cccc(NC(=O)c2cccc(NC3=C(Cl)C(=O)N(c4cccc(Cl)c4Cl)C3=O)c2)c1C. The number of carbonyl (C=O) groups excluding carboxylic acids is 3. The summed E-state index contributed by atoms with van der Waals surface area (Å²) >= 11 is 18.4. The van der Waals surface area contributed by atoms with Crippen molar-refractivity contribution in [3.8, 4) is 0 Å². The van der Waals surface area contributed by atoms with Gasteiger partial charge in [-0.3, -0.25) is 14.4 Å². The van der Waals surface area contributed by atoms with Crippen LogP contribution in [0.15, 0.2) is 71.4 Å². The van der Waals surface area contributed by atoms with Crippen LogP contribution in [0.3, 0.4) is 0 Å². The summed E-state index contributed by atoms with van der Waals surface area (Å²) in [5.41, 5.74) is 3.49. The summed E-state index contributed by atoms with van der Waals surface area (Å²) in [6, 6.07) is 16.8. The van der Waals surface area contributed by atoms with Gasteiger partial charge in [0, 0.05) is 16.9 Å². The third-order valence-corrected chi connectivity index (χ3v) is 6.61. The number of nitrogens with zero attached hydrogens (tertiary/aromatic N) is 1. The minimum absolute atomic E-state index is 0.0571. The molecule has 3 amide bonds. The van der Waals surface area contributed by atoms with E-state index < -0.39 is 11.8 Å². The number of carbonyl (C=O) groups is 3. The van der Waals surface area contributed by atoms with Crippen LogP contribution in [-0.4, -0.2) is 17.7 Å². The number of hydrogen-bond acceptors (Lipinski definition) is 4. The Morgan fingerprint density at radius 3 is 2.35 bits per heavy atom. The second-order valence-corrected chi connectivity index (χ2v) is 8.78. The predicted molar refractivity (Wildman–Crippen MR) is 136 cm³/mol. The van der Waals surface area contributed by atoms with Crippen LogP contribution >= 0.6 is 34.8 Å². The van der Waals surface area contributed by atoms with Crippen molar-refractivity contribution in [2.45, 2.75) is 13.8 Å². The second-order valence-electron chi connectivity index (χ2n) is 7.62. The largest absolute Gasteiger partial charge is 0.350 e. The number of halogens is 3. The van der Waals surface area contributed by atoms with E-state index in [2.05, 4.69) is 10.6 Å². The highest BCUT2D eigenvalue weighted by molar-refractivity contribution is 6.54. The molecule has 172 valence electrons. The van der Waals surface area contributed by atoms with E-state index in [-0.39, 0.29) is 32.4 Å². The quantitative estimate of drug-likeness (QED) is 0.392. The lowest BCUT2D eigenvalue weighted by atomic mass is 10.1. The summed E-state index contributed by atoms with van der Waals surface area (Å²) in [4.78, 5) is 39.4. The van der Waals surface area contributed by atoms with Gasteiger partial charge in [0.2, 0.25) is 0 Å². The van der Waals surface area contributed by atoms with Crippen LogP contribution < -0.4 is 15.5 Å². The molecular formula is C25H18Cl3N3O3. The van der Waals surface area contributed by atoms with Gasteiger partial charge in [-0.15, -0.1) is 0 Å². The molecule has 0 saturated carbocycles. The molecule has 3 aromatic carbocycles. The van der Waals surface area contributed by atoms with Crippen molar-refractivity contribution in [1.29, 1.82) is 0 Å². The van der Waals surface area contributed by atoms with Crippen LogP contribution in [0.4, 0.5) is 17.1 Å². The average molecular weight is 515 g/mol. The molecule has 0 saturated heterocycles. The molecule has 0 aromatic heterocycles. The number of benzene rings is 3. The van der Waals surface area contributed by atoms with E-state index in [0.717, 1.165) is 16.0 Å². The summed E-state index contributed by atoms with van der Waals surface area (Å²) in [6.45, 7) is 3.89. The predicted octanol–water partition coefficient (Wildman–Crippen LogP) is 6.30. The van der Waals surface area contributed by atoms with Crippen molar-refractivity contribution in [3.63, 3.8) is 0 Å². The number of hydrogen-bond donors (Lipinski definition) is 2. The first-order valence-electron chi connectivity index (χ1n) is 10.2. The van der Waals surface area contributed by atoms with Gasteiger partial charge in [0.15, 0.2) is 0 Å². The summed E-state index contributed by atoms with van der Waals surface area (Å²) < 4.78 is 0. The maximum absolute atomic E-state index is 13.0. The molecule has 34 heavy (non-hydrogen) atoms. The summed E-state index contributed by atoms with van der Waals surface area (Å²) in [6.07, 6.45) is 0. The van der Waals surface area contributed by atoms with Crippen molar-refractivity contribution in [2.75, 3.05) is 15.5 Å². The highest BCUT2D eigenvalue weighted by atomic mass is 35.5. The van der Waals surface area contributed by atoms with E-state index >= 15 is 0 Å². The van der Waals surface area contributed by atoms with Gasteiger partial charge in [-0.25, -0.2) is 4.90 Å². The molecule has 1 aliphatic rings. The van der Waals surface area contributed by atoms with Gasteiger partial charge in [0.25, 0.3) is 17.7 Å². The number of amides is 3. The zero-order valence-corrected chi connectivity index (χ0v) is 20.3. The van der Waals surface area contributed by atoms with Crippen LogP contribution in [0.25, 0.3) is 0 Å². The van der Waals surface area contributed by atoms with E-state index in [0.29, 0.717) is 16.9 Å². The normalized spacial score (nSPS) is 13.5. The molecule has 2 N–H and O–H groups in total. The lowest BCUT2D eigenvalue weighted by Crippen LogP contribution is -2.32. The number of imide groups is 1. The van der Waals surface area contributed by atoms with Crippen molar-refractivity contribution < 1.29 is 14.4 Å². The molecule has 0 unspecified atom stereocenters. The van der Waals surface area contributed by atoms with Gasteiger partial charge in [0.1, 0.15) is 10.7 Å². The number of aryl methyl sites for hydroxylation is 1. The van der Waals surface area contributed by atoms with Crippen molar-refractivity contribution in [1.82, 2.24) is 0 Å². The number of rotatable bonds is 5. The van der Waals surface area contributed by atoms with Gasteiger partial charge >= 0.3 is 0 Å². The topological polar surface area (TPSA) is 78.5 Å². The first-order chi connectivity index (χ1) is 16.2. The van der Waals surface area contributed by atoms with Gasteiger partial charge in [0.05, 0.1) is 15.7 Å². The van der Waals surface area contributed by atoms with Crippen LogP contribution in [0, 0.1) is 13.8 Å². The Kier molecular flexibility index (Phi) is 6.66. The van der Waals surface area contributed by atoms with E-state index in [9.17, 15) is 14.4 Å². The summed E-state index contributed by atoms with van der Waals surface area (Å²) in [5, 5.41) is 5.71. The van der Waals surface area contributed by atoms with Crippen molar-refractivity contribution >= 4 is 69.6 Å². The lowest BCUT2D eigenvalue weighted by Gasteiger charge is -2.17. The molecule has 4 rings (SSSR count). The standard InChI is InChI=1S/C25H18Cl3N3O3/c1-13-6-3-10-18(14(13)2)30-23(32)15-7-4-8-16(12-15)29-22-21(28)24(33)31(25(22)34)19-11-5-9-17(26)20(19)27/h3-12,29H,1-2H3,(H,30,32). The minimum atomic E-state index is -0.734. The summed E-state index contributed by atoms with van der Waals surface area (Å²) in [7, 11) is 0. The third kappa shape index (κ3) is 4.40. The fourth-order valence-corrected chi connectivity index (χ4v) is 4.05. The molecule has 3 aromatic rings. The average Bonchev–Trinajstić information content (AvgIpc) is 3.02. The fraction of sp³-hybridized carbons (Fsp3) is 0.0800. The Labute approximate surface area is 211 Å². The molecule has 6 nitrogen and oxygen atoms in total. The molecule has 9 heteroatoms. The molecule has 0 bridgehead atoms. The molecule has 0 atom stereocenters. The van der Waals surface area contributed by atoms with Crippen LogP contribution in [0.1, 0.15) is 21.5 Å². The Bertz CT molecular complexity index is 1380. The number of nitrogens with one attached hydrogen (secondary N) is 2. The Balaban J connectivity index is 1.57. The van der Waals surface area contributed by atoms with Crippen molar-refractivity contribution in [3.05, 3.63) is 98.1 Å². The second kappa shape index (κ2) is 9.50. The molecule has 0 spiro atoms. The maximum atomic E-state index is 13.0. The smallest absolute Gasteiger partial charge is 0.283 e. The molecule has 0 radical (unpaired) electrons. The molecule has 1 aliphatic heterocycles. The van der Waals surface area contributed by atoms with Crippen molar-refractivity contribution in [2.24, 2.45) is 0 Å². The number of anilines is 3. The van der Waals surface area contributed by atoms with Gasteiger partial charge in [-0.2, -0.15) is 0 Å². The van der Waals surface area contributed by atoms with E-state index in [1.54, 1.807) is 36.4 Å². The van der Waals surface area contributed by atoms with Crippen LogP contribution in [-0.2, 0) is 9.59 Å². The first kappa shape index (κ1) is 23.8. The van der Waals surface area contributed by atoms with Crippen LogP contribution in [0.5, 0.6) is 0 Å². The fourth-order valence-electron chi connectivity index (χ4n) is 3.46. The van der Waals surface area contributed by atoms with E-state index in [1.165, 1.54) is 6.07 Å². The van der Waals surface area contributed by atoms with Gasteiger partial charge < -0.3 is 10.6 Å². The molecule has 0 aliphatic carbocycles. The van der Waals surface area contributed by atoms with E-state index in [4.69, 9.17) is 34.8 Å². The summed E-state index contributed by atoms with van der Waals surface area (Å²) in [5.74, 6) is -1.75. The minimum Gasteiger partial charge on any atom is -0.350 e. The zero-order valence-electron chi connectivity index (χ0n) is 18.1. The highest BCUT2D eigenvalue weighted by Crippen LogP contribution is 2.37. The van der Waals surface area contributed by atoms with Gasteiger partial charge in [-0.05, 0) is 61.4 Å². The Morgan fingerprint density at radius 1 is 0.882 bits per heavy atom. The zero-order chi connectivity index (χ0) is 24.6. The first-order valence-corrected chi connectivity index (χ1v) is 11.3. The Hall–Kier alpha value is -3.32. The third-order valence-electron chi connectivity index (χ3n) is 5.45. The van der Waals surface area contributed by atoms with E-state index in [1.807, 2.05) is 32.0 Å². The van der Waals surface area contributed by atoms with Crippen LogP contribution in [0.2, 0.25) is 10.0 Å². The molecular weight excluding hydrogens is 497 g/mol.